The number of nitrogens with zero attached hydrogens (tertiary/aromatic N) is 1. The highest BCUT2D eigenvalue weighted by Gasteiger charge is 2.14. The van der Waals surface area contributed by atoms with Gasteiger partial charge in [0, 0.05) is 17.1 Å². The Kier molecular flexibility index (Phi) is 4.96. The molecule has 1 unspecified atom stereocenters. The lowest BCUT2D eigenvalue weighted by Gasteiger charge is -2.25. The molecule has 4 heteroatoms. The van der Waals surface area contributed by atoms with Gasteiger partial charge in [-0.3, -0.25) is 9.69 Å². The van der Waals surface area contributed by atoms with Crippen LogP contribution in [0.1, 0.15) is 24.9 Å². The Morgan fingerprint density at radius 1 is 1.50 bits per heavy atom. The summed E-state index contributed by atoms with van der Waals surface area (Å²) in [6, 6.07) is 8.21. The zero-order chi connectivity index (χ0) is 12.1. The first kappa shape index (κ1) is 13.2. The van der Waals surface area contributed by atoms with Crippen LogP contribution in [0.4, 0.5) is 0 Å². The van der Waals surface area contributed by atoms with Crippen molar-refractivity contribution < 1.29 is 9.90 Å². The lowest BCUT2D eigenvalue weighted by molar-refractivity contribution is -0.137. The van der Waals surface area contributed by atoms with Crippen molar-refractivity contribution in [2.45, 2.75) is 19.4 Å². The summed E-state index contributed by atoms with van der Waals surface area (Å²) in [5.74, 6) is -0.758. The minimum Gasteiger partial charge on any atom is -0.481 e. The van der Waals surface area contributed by atoms with Gasteiger partial charge in [0.1, 0.15) is 0 Å². The molecule has 0 aliphatic heterocycles. The van der Waals surface area contributed by atoms with Gasteiger partial charge in [-0.2, -0.15) is 0 Å². The average Bonchev–Trinajstić information content (AvgIpc) is 2.25. The monoisotopic (exact) mass is 285 g/mol. The van der Waals surface area contributed by atoms with E-state index in [1.165, 1.54) is 5.56 Å². The van der Waals surface area contributed by atoms with Crippen LogP contribution < -0.4 is 0 Å². The Bertz CT molecular complexity index is 368. The number of carbonyl (C=O) groups is 1. The Morgan fingerprint density at radius 2 is 2.12 bits per heavy atom. The van der Waals surface area contributed by atoms with E-state index in [0.717, 1.165) is 4.47 Å². The van der Waals surface area contributed by atoms with Gasteiger partial charge in [0.05, 0.1) is 6.42 Å². The second-order valence-electron chi connectivity index (χ2n) is 3.82. The van der Waals surface area contributed by atoms with Gasteiger partial charge in [0.25, 0.3) is 0 Å². The molecule has 1 N–H and O–H groups in total. The van der Waals surface area contributed by atoms with E-state index in [1.807, 2.05) is 36.2 Å². The Morgan fingerprint density at radius 3 is 2.69 bits per heavy atom. The minimum absolute atomic E-state index is 0.172. The normalized spacial score (nSPS) is 12.8. The third-order valence-corrected chi connectivity index (χ3v) is 3.42. The van der Waals surface area contributed by atoms with Crippen molar-refractivity contribution in [1.82, 2.24) is 4.90 Å². The molecule has 0 spiro atoms. The van der Waals surface area contributed by atoms with Gasteiger partial charge >= 0.3 is 5.97 Å². The Hall–Kier alpha value is -0.870. The van der Waals surface area contributed by atoms with E-state index in [9.17, 15) is 4.79 Å². The predicted octanol–water partition coefficient (Wildman–Crippen LogP) is 2.92. The van der Waals surface area contributed by atoms with E-state index in [0.29, 0.717) is 6.54 Å². The van der Waals surface area contributed by atoms with Crippen LogP contribution in [-0.4, -0.2) is 29.6 Å². The fourth-order valence-corrected chi connectivity index (χ4v) is 2.13. The van der Waals surface area contributed by atoms with Crippen molar-refractivity contribution in [2.24, 2.45) is 0 Å². The quantitative estimate of drug-likeness (QED) is 0.904. The topological polar surface area (TPSA) is 40.5 Å². The molecular weight excluding hydrogens is 270 g/mol. The third-order valence-electron chi connectivity index (χ3n) is 2.69. The third kappa shape index (κ3) is 3.61. The first-order valence-corrected chi connectivity index (χ1v) is 5.98. The van der Waals surface area contributed by atoms with Crippen molar-refractivity contribution in [2.75, 3.05) is 13.6 Å². The zero-order valence-electron chi connectivity index (χ0n) is 9.48. The van der Waals surface area contributed by atoms with Crippen LogP contribution in [0.5, 0.6) is 0 Å². The largest absolute Gasteiger partial charge is 0.481 e. The van der Waals surface area contributed by atoms with Crippen LogP contribution in [0.15, 0.2) is 28.7 Å². The number of rotatable bonds is 5. The van der Waals surface area contributed by atoms with E-state index >= 15 is 0 Å². The number of carboxylic acid groups (broad SMARTS) is 1. The molecule has 0 aromatic heterocycles. The Balaban J connectivity index is 2.66. The van der Waals surface area contributed by atoms with Crippen molar-refractivity contribution in [3.8, 4) is 0 Å². The summed E-state index contributed by atoms with van der Waals surface area (Å²) in [4.78, 5) is 12.5. The summed E-state index contributed by atoms with van der Waals surface area (Å²) in [5.41, 5.74) is 1.18. The average molecular weight is 286 g/mol. The molecule has 0 amide bonds. The van der Waals surface area contributed by atoms with Crippen molar-refractivity contribution in [3.05, 3.63) is 34.3 Å². The summed E-state index contributed by atoms with van der Waals surface area (Å²) in [6.07, 6.45) is 0.172. The van der Waals surface area contributed by atoms with E-state index in [-0.39, 0.29) is 12.5 Å². The second-order valence-corrected chi connectivity index (χ2v) is 4.68. The number of aliphatic carboxylic acids is 1. The maximum Gasteiger partial charge on any atom is 0.304 e. The summed E-state index contributed by atoms with van der Waals surface area (Å²) in [6.45, 7) is 2.62. The molecular formula is C12H16BrNO2. The van der Waals surface area contributed by atoms with E-state index in [1.54, 1.807) is 0 Å². The van der Waals surface area contributed by atoms with Gasteiger partial charge in [-0.1, -0.05) is 34.1 Å². The van der Waals surface area contributed by atoms with Gasteiger partial charge in [0.2, 0.25) is 0 Å². The molecule has 0 aliphatic rings. The second kappa shape index (κ2) is 6.01. The standard InChI is InChI=1S/C12H16BrNO2/c1-9(14(2)8-7-12(15)16)10-5-3-4-6-11(10)13/h3-6,9H,7-8H2,1-2H3,(H,15,16). The van der Waals surface area contributed by atoms with Gasteiger partial charge in [-0.05, 0) is 25.6 Å². The smallest absolute Gasteiger partial charge is 0.304 e. The van der Waals surface area contributed by atoms with Gasteiger partial charge < -0.3 is 5.11 Å². The number of carboxylic acids is 1. The first-order chi connectivity index (χ1) is 7.52. The molecule has 0 fully saturated rings. The summed E-state index contributed by atoms with van der Waals surface area (Å²) >= 11 is 3.50. The minimum atomic E-state index is -0.758. The van der Waals surface area contributed by atoms with Gasteiger partial charge in [-0.25, -0.2) is 0 Å². The lowest BCUT2D eigenvalue weighted by atomic mass is 10.1. The molecule has 0 saturated heterocycles. The maximum atomic E-state index is 10.5. The maximum absolute atomic E-state index is 10.5. The van der Waals surface area contributed by atoms with E-state index in [2.05, 4.69) is 22.9 Å². The molecule has 0 saturated carbocycles. The molecule has 0 bridgehead atoms. The number of halogens is 1. The summed E-state index contributed by atoms with van der Waals surface area (Å²) in [7, 11) is 1.94. The van der Waals surface area contributed by atoms with Crippen LogP contribution in [0.2, 0.25) is 0 Å². The highest BCUT2D eigenvalue weighted by Crippen LogP contribution is 2.26. The van der Waals surface area contributed by atoms with Crippen LogP contribution in [0.25, 0.3) is 0 Å². The van der Waals surface area contributed by atoms with Gasteiger partial charge in [-0.15, -0.1) is 0 Å². The van der Waals surface area contributed by atoms with Crippen LogP contribution in [0, 0.1) is 0 Å². The van der Waals surface area contributed by atoms with Crippen LogP contribution >= 0.6 is 15.9 Å². The summed E-state index contributed by atoms with van der Waals surface area (Å²) in [5, 5.41) is 8.63. The Labute approximate surface area is 104 Å². The van der Waals surface area contributed by atoms with Crippen LogP contribution in [-0.2, 0) is 4.79 Å². The van der Waals surface area contributed by atoms with Crippen LogP contribution in [0.3, 0.4) is 0 Å². The lowest BCUT2D eigenvalue weighted by Crippen LogP contribution is -2.25. The zero-order valence-corrected chi connectivity index (χ0v) is 11.1. The SMILES string of the molecule is CC(c1ccccc1Br)N(C)CCC(=O)O. The molecule has 0 radical (unpaired) electrons. The predicted molar refractivity (Wildman–Crippen MR) is 67.4 cm³/mol. The van der Waals surface area contributed by atoms with Gasteiger partial charge in [0.15, 0.2) is 0 Å². The fourth-order valence-electron chi connectivity index (χ4n) is 1.52. The highest BCUT2D eigenvalue weighted by molar-refractivity contribution is 9.10. The summed E-state index contributed by atoms with van der Waals surface area (Å²) < 4.78 is 1.06. The molecule has 16 heavy (non-hydrogen) atoms. The van der Waals surface area contributed by atoms with Crippen molar-refractivity contribution in [3.63, 3.8) is 0 Å². The molecule has 0 aliphatic carbocycles. The molecule has 1 atom stereocenters. The first-order valence-electron chi connectivity index (χ1n) is 5.19. The number of hydrogen-bond donors (Lipinski definition) is 1. The number of hydrogen-bond acceptors (Lipinski definition) is 2. The van der Waals surface area contributed by atoms with Crippen molar-refractivity contribution in [1.29, 1.82) is 0 Å². The molecule has 1 rings (SSSR count). The fraction of sp³-hybridized carbons (Fsp3) is 0.417. The number of benzene rings is 1. The molecule has 0 heterocycles. The highest BCUT2D eigenvalue weighted by atomic mass is 79.9. The molecule has 1 aromatic rings. The molecule has 1 aromatic carbocycles. The molecule has 88 valence electrons. The van der Waals surface area contributed by atoms with Crippen molar-refractivity contribution >= 4 is 21.9 Å². The molecule has 3 nitrogen and oxygen atoms in total. The van der Waals surface area contributed by atoms with E-state index < -0.39 is 5.97 Å². The van der Waals surface area contributed by atoms with E-state index in [4.69, 9.17) is 5.11 Å².